The van der Waals surface area contributed by atoms with Gasteiger partial charge in [-0.2, -0.15) is 0 Å². The first-order chi connectivity index (χ1) is 8.54. The Bertz CT molecular complexity index is 543. The maximum Gasteiger partial charge on any atom is 0.120 e. The van der Waals surface area contributed by atoms with Crippen LogP contribution in [0.4, 0.5) is 0 Å². The number of benzene rings is 1. The molecule has 1 atom stereocenters. The summed E-state index contributed by atoms with van der Waals surface area (Å²) < 4.78 is 5.56. The molecule has 98 valence electrons. The minimum absolute atomic E-state index is 0.0515. The standard InChI is InChI=1S/C15H22N2O/c1-5-18-11-6-7-13-12(8-11)14(10(4)17-13)15(16)9(2)3/h6-9,15,17H,5,16H2,1-4H3. The predicted octanol–water partition coefficient (Wildman–Crippen LogP) is 3.53. The molecular formula is C15H22N2O. The van der Waals surface area contributed by atoms with E-state index in [0.717, 1.165) is 17.0 Å². The van der Waals surface area contributed by atoms with Crippen LogP contribution in [-0.2, 0) is 0 Å². The Hall–Kier alpha value is -1.48. The van der Waals surface area contributed by atoms with Crippen LogP contribution in [0.3, 0.4) is 0 Å². The number of nitrogens with two attached hydrogens (primary N) is 1. The SMILES string of the molecule is CCOc1ccc2[nH]c(C)c(C(N)C(C)C)c2c1. The van der Waals surface area contributed by atoms with Crippen molar-refractivity contribution in [2.24, 2.45) is 11.7 Å². The largest absolute Gasteiger partial charge is 0.494 e. The molecule has 0 spiro atoms. The van der Waals surface area contributed by atoms with E-state index < -0.39 is 0 Å². The van der Waals surface area contributed by atoms with Crippen molar-refractivity contribution in [1.82, 2.24) is 4.98 Å². The van der Waals surface area contributed by atoms with E-state index in [2.05, 4.69) is 37.9 Å². The van der Waals surface area contributed by atoms with Crippen molar-refractivity contribution >= 4 is 10.9 Å². The highest BCUT2D eigenvalue weighted by molar-refractivity contribution is 5.86. The van der Waals surface area contributed by atoms with E-state index in [4.69, 9.17) is 10.5 Å². The van der Waals surface area contributed by atoms with Crippen LogP contribution in [0.1, 0.15) is 38.1 Å². The van der Waals surface area contributed by atoms with E-state index in [0.29, 0.717) is 12.5 Å². The minimum atomic E-state index is 0.0515. The van der Waals surface area contributed by atoms with Crippen molar-refractivity contribution in [3.63, 3.8) is 0 Å². The topological polar surface area (TPSA) is 51.0 Å². The van der Waals surface area contributed by atoms with Crippen LogP contribution in [-0.4, -0.2) is 11.6 Å². The van der Waals surface area contributed by atoms with E-state index in [1.165, 1.54) is 10.9 Å². The zero-order chi connectivity index (χ0) is 13.3. The number of fused-ring (bicyclic) bond motifs is 1. The van der Waals surface area contributed by atoms with Gasteiger partial charge in [0.2, 0.25) is 0 Å². The Balaban J connectivity index is 2.56. The summed E-state index contributed by atoms with van der Waals surface area (Å²) in [6.07, 6.45) is 0. The van der Waals surface area contributed by atoms with Crippen molar-refractivity contribution in [2.45, 2.75) is 33.7 Å². The van der Waals surface area contributed by atoms with Crippen LogP contribution < -0.4 is 10.5 Å². The van der Waals surface area contributed by atoms with Crippen molar-refractivity contribution in [2.75, 3.05) is 6.61 Å². The zero-order valence-corrected chi connectivity index (χ0v) is 11.6. The minimum Gasteiger partial charge on any atom is -0.494 e. The molecule has 0 aliphatic heterocycles. The van der Waals surface area contributed by atoms with Crippen molar-refractivity contribution in [3.05, 3.63) is 29.5 Å². The Morgan fingerprint density at radius 2 is 2.06 bits per heavy atom. The van der Waals surface area contributed by atoms with E-state index in [1.54, 1.807) is 0 Å². The van der Waals surface area contributed by atoms with Gasteiger partial charge in [-0.3, -0.25) is 0 Å². The third kappa shape index (κ3) is 2.23. The molecule has 0 radical (unpaired) electrons. The molecule has 1 aromatic carbocycles. The summed E-state index contributed by atoms with van der Waals surface area (Å²) >= 11 is 0. The van der Waals surface area contributed by atoms with Gasteiger partial charge in [-0.1, -0.05) is 13.8 Å². The summed E-state index contributed by atoms with van der Waals surface area (Å²) in [7, 11) is 0. The number of aryl methyl sites for hydroxylation is 1. The highest BCUT2D eigenvalue weighted by atomic mass is 16.5. The molecule has 2 aromatic rings. The lowest BCUT2D eigenvalue weighted by Gasteiger charge is -2.16. The normalized spacial score (nSPS) is 13.2. The highest BCUT2D eigenvalue weighted by Gasteiger charge is 2.18. The molecule has 1 aromatic heterocycles. The molecule has 18 heavy (non-hydrogen) atoms. The first-order valence-electron chi connectivity index (χ1n) is 6.55. The molecule has 0 aliphatic rings. The molecule has 0 amide bonds. The molecule has 2 rings (SSSR count). The number of aromatic nitrogens is 1. The van der Waals surface area contributed by atoms with Gasteiger partial charge >= 0.3 is 0 Å². The number of hydrogen-bond donors (Lipinski definition) is 2. The fraction of sp³-hybridized carbons (Fsp3) is 0.467. The van der Waals surface area contributed by atoms with Gasteiger partial charge < -0.3 is 15.5 Å². The lowest BCUT2D eigenvalue weighted by Crippen LogP contribution is -2.17. The molecule has 0 aliphatic carbocycles. The fourth-order valence-electron chi connectivity index (χ4n) is 2.35. The molecule has 1 unspecified atom stereocenters. The van der Waals surface area contributed by atoms with Crippen LogP contribution in [0.5, 0.6) is 5.75 Å². The lowest BCUT2D eigenvalue weighted by atomic mass is 9.94. The van der Waals surface area contributed by atoms with Crippen molar-refractivity contribution in [1.29, 1.82) is 0 Å². The third-order valence-corrected chi connectivity index (χ3v) is 3.37. The Morgan fingerprint density at radius 3 is 2.67 bits per heavy atom. The van der Waals surface area contributed by atoms with Gasteiger partial charge in [0.15, 0.2) is 0 Å². The Morgan fingerprint density at radius 1 is 1.33 bits per heavy atom. The number of aromatic amines is 1. The fourth-order valence-corrected chi connectivity index (χ4v) is 2.35. The van der Waals surface area contributed by atoms with Crippen LogP contribution in [0.15, 0.2) is 18.2 Å². The molecule has 3 N–H and O–H groups in total. The molecule has 1 heterocycles. The second kappa shape index (κ2) is 5.02. The van der Waals surface area contributed by atoms with Crippen LogP contribution in [0.25, 0.3) is 10.9 Å². The molecule has 0 saturated carbocycles. The maximum atomic E-state index is 6.31. The second-order valence-electron chi connectivity index (χ2n) is 5.07. The summed E-state index contributed by atoms with van der Waals surface area (Å²) in [5.74, 6) is 1.32. The first-order valence-corrected chi connectivity index (χ1v) is 6.55. The number of nitrogens with one attached hydrogen (secondary N) is 1. The quantitative estimate of drug-likeness (QED) is 0.867. The zero-order valence-electron chi connectivity index (χ0n) is 11.6. The van der Waals surface area contributed by atoms with Gasteiger partial charge in [-0.05, 0) is 43.5 Å². The van der Waals surface area contributed by atoms with Gasteiger partial charge in [-0.25, -0.2) is 0 Å². The molecule has 3 nitrogen and oxygen atoms in total. The highest BCUT2D eigenvalue weighted by Crippen LogP contribution is 2.32. The summed E-state index contributed by atoms with van der Waals surface area (Å²) in [4.78, 5) is 3.40. The molecule has 0 bridgehead atoms. The number of hydrogen-bond acceptors (Lipinski definition) is 2. The third-order valence-electron chi connectivity index (χ3n) is 3.37. The molecular weight excluding hydrogens is 224 g/mol. The molecule has 3 heteroatoms. The smallest absolute Gasteiger partial charge is 0.120 e. The van der Waals surface area contributed by atoms with Crippen LogP contribution >= 0.6 is 0 Å². The predicted molar refractivity (Wildman–Crippen MR) is 76.0 cm³/mol. The van der Waals surface area contributed by atoms with Gasteiger partial charge in [-0.15, -0.1) is 0 Å². The Labute approximate surface area is 108 Å². The molecule has 0 saturated heterocycles. The summed E-state index contributed by atoms with van der Waals surface area (Å²) in [5, 5.41) is 1.18. The number of ether oxygens (including phenoxy) is 1. The van der Waals surface area contributed by atoms with Gasteiger partial charge in [0.05, 0.1) is 6.61 Å². The molecule has 0 fully saturated rings. The monoisotopic (exact) mass is 246 g/mol. The maximum absolute atomic E-state index is 6.31. The van der Waals surface area contributed by atoms with E-state index in [-0.39, 0.29) is 6.04 Å². The van der Waals surface area contributed by atoms with E-state index >= 15 is 0 Å². The average molecular weight is 246 g/mol. The van der Waals surface area contributed by atoms with Crippen molar-refractivity contribution < 1.29 is 4.74 Å². The van der Waals surface area contributed by atoms with Crippen LogP contribution in [0, 0.1) is 12.8 Å². The van der Waals surface area contributed by atoms with Crippen LogP contribution in [0.2, 0.25) is 0 Å². The summed E-state index contributed by atoms with van der Waals surface area (Å²) in [5.41, 5.74) is 9.80. The van der Waals surface area contributed by atoms with Gasteiger partial charge in [0.25, 0.3) is 0 Å². The Kier molecular flexibility index (Phi) is 3.62. The summed E-state index contributed by atoms with van der Waals surface area (Å²) in [6, 6.07) is 6.19. The van der Waals surface area contributed by atoms with Gasteiger partial charge in [0, 0.05) is 22.6 Å². The van der Waals surface area contributed by atoms with E-state index in [1.807, 2.05) is 13.0 Å². The summed E-state index contributed by atoms with van der Waals surface area (Å²) in [6.45, 7) is 9.05. The number of H-pyrrole nitrogens is 1. The number of rotatable bonds is 4. The first kappa shape index (κ1) is 13.0. The second-order valence-corrected chi connectivity index (χ2v) is 5.07. The lowest BCUT2D eigenvalue weighted by molar-refractivity contribution is 0.340. The van der Waals surface area contributed by atoms with E-state index in [9.17, 15) is 0 Å². The van der Waals surface area contributed by atoms with Crippen molar-refractivity contribution in [3.8, 4) is 5.75 Å². The average Bonchev–Trinajstić information content (AvgIpc) is 2.64. The van der Waals surface area contributed by atoms with Gasteiger partial charge in [0.1, 0.15) is 5.75 Å².